The van der Waals surface area contributed by atoms with Gasteiger partial charge in [0.1, 0.15) is 19.3 Å². The lowest BCUT2D eigenvalue weighted by atomic mass is 9.77. The highest BCUT2D eigenvalue weighted by Crippen LogP contribution is 2.50. The van der Waals surface area contributed by atoms with Crippen molar-refractivity contribution in [2.45, 2.75) is 0 Å². The van der Waals surface area contributed by atoms with Crippen molar-refractivity contribution in [3.63, 3.8) is 0 Å². The molecular formula is C24H16BBr3O2. The van der Waals surface area contributed by atoms with Crippen molar-refractivity contribution < 1.29 is 10.2 Å². The van der Waals surface area contributed by atoms with Crippen molar-refractivity contribution in [3.8, 4) is 44.9 Å². The molecule has 148 valence electrons. The Bertz CT molecular complexity index is 1090. The summed E-state index contributed by atoms with van der Waals surface area (Å²) in [5, 5.41) is 22.9. The first kappa shape index (κ1) is 21.2. The average Bonchev–Trinajstić information content (AvgIpc) is 2.72. The molecule has 0 heterocycles. The minimum Gasteiger partial charge on any atom is -0.507 e. The second-order valence-electron chi connectivity index (χ2n) is 6.89. The summed E-state index contributed by atoms with van der Waals surface area (Å²) in [5.74, 6) is 0.0826. The predicted molar refractivity (Wildman–Crippen MR) is 137 cm³/mol. The molecule has 0 aromatic heterocycles. The Kier molecular flexibility index (Phi) is 6.10. The number of halogens is 3. The van der Waals surface area contributed by atoms with Gasteiger partial charge < -0.3 is 10.2 Å². The summed E-state index contributed by atoms with van der Waals surface area (Å²) in [5.41, 5.74) is 4.97. The molecule has 0 fully saturated rings. The first-order chi connectivity index (χ1) is 14.4. The lowest BCUT2D eigenvalue weighted by Crippen LogP contribution is -2.13. The van der Waals surface area contributed by atoms with Gasteiger partial charge in [-0.15, -0.1) is 0 Å². The SMILES string of the molecule is Bc1c(-c2ccccc2Br)c(O)c(-c2ccccc2Br)c(O)c1-c1ccccc1Br. The summed E-state index contributed by atoms with van der Waals surface area (Å²) in [6, 6.07) is 23.1. The molecule has 0 spiro atoms. The van der Waals surface area contributed by atoms with Gasteiger partial charge >= 0.3 is 0 Å². The maximum atomic E-state index is 11.4. The highest BCUT2D eigenvalue weighted by molar-refractivity contribution is 9.11. The lowest BCUT2D eigenvalue weighted by Gasteiger charge is -2.22. The van der Waals surface area contributed by atoms with Gasteiger partial charge in [-0.3, -0.25) is 0 Å². The molecule has 0 saturated heterocycles. The van der Waals surface area contributed by atoms with Crippen LogP contribution in [-0.2, 0) is 0 Å². The molecule has 0 aliphatic carbocycles. The third-order valence-electron chi connectivity index (χ3n) is 5.13. The maximum Gasteiger partial charge on any atom is 0.141 e. The normalized spacial score (nSPS) is 10.9. The number of benzene rings is 4. The summed E-state index contributed by atoms with van der Waals surface area (Å²) in [4.78, 5) is 0. The Hall–Kier alpha value is -2.02. The lowest BCUT2D eigenvalue weighted by molar-refractivity contribution is 0.457. The highest BCUT2D eigenvalue weighted by atomic mass is 79.9. The van der Waals surface area contributed by atoms with Crippen LogP contribution in [-0.4, -0.2) is 18.1 Å². The summed E-state index contributed by atoms with van der Waals surface area (Å²) in [7, 11) is 1.92. The van der Waals surface area contributed by atoms with E-state index in [0.29, 0.717) is 22.3 Å². The fourth-order valence-electron chi connectivity index (χ4n) is 3.75. The van der Waals surface area contributed by atoms with Crippen LogP contribution in [0.1, 0.15) is 0 Å². The Morgan fingerprint density at radius 3 is 1.13 bits per heavy atom. The van der Waals surface area contributed by atoms with Gasteiger partial charge in [0.25, 0.3) is 0 Å². The van der Waals surface area contributed by atoms with Crippen LogP contribution in [0.3, 0.4) is 0 Å². The molecule has 4 rings (SSSR count). The van der Waals surface area contributed by atoms with Gasteiger partial charge in [0.2, 0.25) is 0 Å². The first-order valence-corrected chi connectivity index (χ1v) is 11.6. The zero-order valence-electron chi connectivity index (χ0n) is 16.0. The van der Waals surface area contributed by atoms with E-state index in [-0.39, 0.29) is 11.5 Å². The van der Waals surface area contributed by atoms with E-state index >= 15 is 0 Å². The molecule has 0 amide bonds. The predicted octanol–water partition coefficient (Wildman–Crippen LogP) is 6.64. The van der Waals surface area contributed by atoms with Crippen molar-refractivity contribution in [1.29, 1.82) is 0 Å². The molecule has 2 nitrogen and oxygen atoms in total. The zero-order valence-corrected chi connectivity index (χ0v) is 20.7. The monoisotopic (exact) mass is 584 g/mol. The standard InChI is InChI=1S/C24H16BBr3O2/c25-22-19(13-7-1-4-10-16(13)26)23(29)21(15-9-3-6-12-18(15)28)24(30)20(22)14-8-2-5-11-17(14)27/h1-12,29-30H,25H2. The van der Waals surface area contributed by atoms with E-state index in [4.69, 9.17) is 0 Å². The number of hydrogen-bond acceptors (Lipinski definition) is 2. The highest BCUT2D eigenvalue weighted by Gasteiger charge is 2.26. The van der Waals surface area contributed by atoms with E-state index in [1.54, 1.807) is 0 Å². The fraction of sp³-hybridized carbons (Fsp3) is 0. The summed E-state index contributed by atoms with van der Waals surface area (Å²) >= 11 is 10.8. The van der Waals surface area contributed by atoms with Crippen LogP contribution in [0.5, 0.6) is 11.5 Å². The second kappa shape index (κ2) is 8.62. The maximum absolute atomic E-state index is 11.4. The Morgan fingerprint density at radius 2 is 0.800 bits per heavy atom. The number of aromatic hydroxyl groups is 2. The third-order valence-corrected chi connectivity index (χ3v) is 7.20. The molecule has 6 heteroatoms. The van der Waals surface area contributed by atoms with Crippen molar-refractivity contribution >= 4 is 61.1 Å². The van der Waals surface area contributed by atoms with Crippen LogP contribution in [0, 0.1) is 0 Å². The second-order valence-corrected chi connectivity index (χ2v) is 9.45. The molecule has 0 radical (unpaired) electrons. The average molecular weight is 587 g/mol. The van der Waals surface area contributed by atoms with Gasteiger partial charge in [0.05, 0.1) is 5.56 Å². The van der Waals surface area contributed by atoms with Crippen molar-refractivity contribution in [2.24, 2.45) is 0 Å². The van der Waals surface area contributed by atoms with Crippen molar-refractivity contribution in [2.75, 3.05) is 0 Å². The minimum absolute atomic E-state index is 0.0413. The van der Waals surface area contributed by atoms with Crippen LogP contribution in [0.4, 0.5) is 0 Å². The van der Waals surface area contributed by atoms with Gasteiger partial charge in [-0.1, -0.05) is 108 Å². The van der Waals surface area contributed by atoms with Crippen LogP contribution >= 0.6 is 47.8 Å². The summed E-state index contributed by atoms with van der Waals surface area (Å²) in [6.07, 6.45) is 0. The fourth-order valence-corrected chi connectivity index (χ4v) is 5.20. The van der Waals surface area contributed by atoms with E-state index in [1.807, 2.05) is 80.6 Å². The van der Waals surface area contributed by atoms with Gasteiger partial charge in [0.15, 0.2) is 0 Å². The van der Waals surface area contributed by atoms with Gasteiger partial charge in [0, 0.05) is 30.1 Å². The molecule has 0 saturated carbocycles. The van der Waals surface area contributed by atoms with Crippen LogP contribution in [0.25, 0.3) is 33.4 Å². The van der Waals surface area contributed by atoms with Gasteiger partial charge in [-0.25, -0.2) is 0 Å². The topological polar surface area (TPSA) is 40.5 Å². The zero-order chi connectivity index (χ0) is 21.4. The molecular weight excluding hydrogens is 571 g/mol. The van der Waals surface area contributed by atoms with Gasteiger partial charge in [-0.2, -0.15) is 0 Å². The van der Waals surface area contributed by atoms with Gasteiger partial charge in [-0.05, 0) is 29.3 Å². The van der Waals surface area contributed by atoms with E-state index < -0.39 is 0 Å². The van der Waals surface area contributed by atoms with Crippen LogP contribution in [0.15, 0.2) is 86.2 Å². The van der Waals surface area contributed by atoms with Crippen molar-refractivity contribution in [1.82, 2.24) is 0 Å². The number of hydrogen-bond donors (Lipinski definition) is 2. The van der Waals surface area contributed by atoms with Crippen molar-refractivity contribution in [3.05, 3.63) is 86.2 Å². The van der Waals surface area contributed by atoms with Crippen LogP contribution < -0.4 is 5.46 Å². The molecule has 0 atom stereocenters. The molecule has 30 heavy (non-hydrogen) atoms. The minimum atomic E-state index is 0.0413. The number of rotatable bonds is 3. The van der Waals surface area contributed by atoms with E-state index in [0.717, 1.165) is 30.0 Å². The largest absolute Gasteiger partial charge is 0.507 e. The molecule has 4 aromatic carbocycles. The molecule has 4 aromatic rings. The molecule has 2 N–H and O–H groups in total. The molecule has 0 aliphatic rings. The number of phenols is 2. The molecule has 0 aliphatic heterocycles. The molecule has 0 unspecified atom stereocenters. The first-order valence-electron chi connectivity index (χ1n) is 9.25. The van der Waals surface area contributed by atoms with Crippen LogP contribution in [0.2, 0.25) is 0 Å². The summed E-state index contributed by atoms with van der Waals surface area (Å²) < 4.78 is 2.52. The Balaban J connectivity index is 2.19. The van der Waals surface area contributed by atoms with E-state index in [2.05, 4.69) is 47.8 Å². The van der Waals surface area contributed by atoms with E-state index in [1.165, 1.54) is 0 Å². The number of phenolic OH excluding ortho intramolecular Hbond substituents is 2. The Morgan fingerprint density at radius 1 is 0.500 bits per heavy atom. The third kappa shape index (κ3) is 3.62. The smallest absolute Gasteiger partial charge is 0.141 e. The Labute approximate surface area is 201 Å². The molecule has 0 bridgehead atoms. The quantitative estimate of drug-likeness (QED) is 0.264. The summed E-state index contributed by atoms with van der Waals surface area (Å²) in [6.45, 7) is 0. The van der Waals surface area contributed by atoms with E-state index in [9.17, 15) is 10.2 Å².